The third-order valence-electron chi connectivity index (χ3n) is 3.23. The molecule has 1 aliphatic heterocycles. The van der Waals surface area contributed by atoms with Gasteiger partial charge in [-0.25, -0.2) is 4.98 Å². The van der Waals surface area contributed by atoms with Crippen molar-refractivity contribution >= 4 is 54.5 Å². The Morgan fingerprint density at radius 3 is 2.70 bits per heavy atom. The van der Waals surface area contributed by atoms with Gasteiger partial charge in [-0.05, 0) is 37.9 Å². The molecule has 1 fully saturated rings. The molecule has 2 heterocycles. The predicted molar refractivity (Wildman–Crippen MR) is 83.2 cm³/mol. The Morgan fingerprint density at radius 2 is 2.05 bits per heavy atom. The second-order valence-corrected chi connectivity index (χ2v) is 6.12. The number of hydrogen-bond acceptors (Lipinski definition) is 5. The number of H-pyrrole nitrogens is 1. The van der Waals surface area contributed by atoms with Crippen LogP contribution in [-0.4, -0.2) is 41.1 Å². The lowest BCUT2D eigenvalue weighted by atomic mass is 10.3. The van der Waals surface area contributed by atoms with Gasteiger partial charge in [-0.3, -0.25) is 10.1 Å². The average Bonchev–Trinajstić information content (AvgIpc) is 2.83. The fraction of sp³-hybridized carbons (Fsp3) is 0.364. The van der Waals surface area contributed by atoms with Crippen LogP contribution in [-0.2, 0) is 0 Å². The molecule has 0 spiro atoms. The molecule has 9 heteroatoms. The van der Waals surface area contributed by atoms with Crippen LogP contribution in [0.4, 0.5) is 11.6 Å². The molecule has 106 valence electrons. The predicted octanol–water partition coefficient (Wildman–Crippen LogP) is 2.41. The number of nitro groups is 1. The summed E-state index contributed by atoms with van der Waals surface area (Å²) in [5, 5.41) is 14.5. The van der Waals surface area contributed by atoms with Gasteiger partial charge in [0.25, 0.3) is 0 Å². The largest absolute Gasteiger partial charge is 0.340 e. The molecule has 1 aromatic carbocycles. The summed E-state index contributed by atoms with van der Waals surface area (Å²) in [6.45, 7) is 3.42. The molecule has 1 aromatic heterocycles. The molecule has 2 N–H and O–H groups in total. The topological polar surface area (TPSA) is 87.1 Å². The number of piperazine rings is 1. The molecule has 0 atom stereocenters. The normalized spacial score (nSPS) is 15.8. The average molecular weight is 405 g/mol. The van der Waals surface area contributed by atoms with Gasteiger partial charge in [-0.1, -0.05) is 0 Å². The number of imidazole rings is 1. The van der Waals surface area contributed by atoms with Crippen LogP contribution in [0.2, 0.25) is 0 Å². The van der Waals surface area contributed by atoms with E-state index in [4.69, 9.17) is 0 Å². The van der Waals surface area contributed by atoms with Crippen LogP contribution in [0.5, 0.6) is 0 Å². The Hall–Kier alpha value is -1.19. The van der Waals surface area contributed by atoms with Gasteiger partial charge in [-0.15, -0.1) is 0 Å². The standard InChI is InChI=1S/C11H11Br2N5O2/c12-6-5-7-9(10(8(6)13)18(19)20)16-11(15-7)17-3-1-14-2-4-17/h5,14H,1-4H2,(H,15,16). The van der Waals surface area contributed by atoms with Gasteiger partial charge < -0.3 is 15.2 Å². The van der Waals surface area contributed by atoms with Gasteiger partial charge in [-0.2, -0.15) is 0 Å². The van der Waals surface area contributed by atoms with E-state index in [0.29, 0.717) is 25.9 Å². The lowest BCUT2D eigenvalue weighted by Crippen LogP contribution is -2.44. The fourth-order valence-electron chi connectivity index (χ4n) is 2.26. The van der Waals surface area contributed by atoms with Crippen LogP contribution in [0.3, 0.4) is 0 Å². The Bertz CT molecular complexity index is 681. The van der Waals surface area contributed by atoms with Crippen LogP contribution in [0.25, 0.3) is 11.0 Å². The van der Waals surface area contributed by atoms with E-state index in [2.05, 4.69) is 52.0 Å². The third-order valence-corrected chi connectivity index (χ3v) is 5.19. The van der Waals surface area contributed by atoms with E-state index in [1.807, 2.05) is 0 Å². The highest BCUT2D eigenvalue weighted by Gasteiger charge is 2.24. The van der Waals surface area contributed by atoms with Gasteiger partial charge in [0.2, 0.25) is 5.95 Å². The monoisotopic (exact) mass is 403 g/mol. The molecule has 2 aromatic rings. The molecule has 0 unspecified atom stereocenters. The minimum atomic E-state index is -0.417. The number of fused-ring (bicyclic) bond motifs is 1. The highest BCUT2D eigenvalue weighted by atomic mass is 79.9. The number of rotatable bonds is 2. The van der Waals surface area contributed by atoms with Crippen LogP contribution < -0.4 is 10.2 Å². The summed E-state index contributed by atoms with van der Waals surface area (Å²) in [6, 6.07) is 1.80. The van der Waals surface area contributed by atoms with Crippen molar-refractivity contribution in [3.05, 3.63) is 25.1 Å². The molecule has 0 amide bonds. The van der Waals surface area contributed by atoms with Crippen molar-refractivity contribution in [3.8, 4) is 0 Å². The fourth-order valence-corrected chi connectivity index (χ4v) is 3.12. The molecule has 20 heavy (non-hydrogen) atoms. The summed E-state index contributed by atoms with van der Waals surface area (Å²) >= 11 is 6.56. The van der Waals surface area contributed by atoms with Crippen molar-refractivity contribution in [2.24, 2.45) is 0 Å². The number of nitro benzene ring substituents is 1. The van der Waals surface area contributed by atoms with Gasteiger partial charge in [0, 0.05) is 30.7 Å². The smallest absolute Gasteiger partial charge is 0.312 e. The first kappa shape index (κ1) is 13.8. The Kier molecular flexibility index (Phi) is 3.65. The highest BCUT2D eigenvalue weighted by Crippen LogP contribution is 2.38. The molecular weight excluding hydrogens is 394 g/mol. The number of nitrogens with one attached hydrogen (secondary N) is 2. The summed E-state index contributed by atoms with van der Waals surface area (Å²) in [4.78, 5) is 20.5. The third kappa shape index (κ3) is 2.29. The van der Waals surface area contributed by atoms with Gasteiger partial charge in [0.05, 0.1) is 10.4 Å². The zero-order valence-corrected chi connectivity index (χ0v) is 13.5. The Labute approximate surface area is 131 Å². The number of nitrogens with zero attached hydrogens (tertiary/aromatic N) is 3. The van der Waals surface area contributed by atoms with Gasteiger partial charge in [0.15, 0.2) is 5.52 Å². The number of benzene rings is 1. The first-order chi connectivity index (χ1) is 9.58. The summed E-state index contributed by atoms with van der Waals surface area (Å²) in [5.74, 6) is 0.676. The Morgan fingerprint density at radius 1 is 1.35 bits per heavy atom. The van der Waals surface area contributed by atoms with Crippen molar-refractivity contribution in [1.82, 2.24) is 15.3 Å². The van der Waals surface area contributed by atoms with E-state index in [1.54, 1.807) is 6.07 Å². The van der Waals surface area contributed by atoms with Crippen LogP contribution in [0.15, 0.2) is 15.0 Å². The van der Waals surface area contributed by atoms with Crippen LogP contribution in [0.1, 0.15) is 0 Å². The lowest BCUT2D eigenvalue weighted by molar-refractivity contribution is -0.384. The maximum Gasteiger partial charge on any atom is 0.312 e. The second kappa shape index (κ2) is 5.30. The lowest BCUT2D eigenvalue weighted by Gasteiger charge is -2.26. The summed E-state index contributed by atoms with van der Waals surface area (Å²) in [7, 11) is 0. The molecular formula is C11H11Br2N5O2. The SMILES string of the molecule is O=[N+]([O-])c1c(Br)c(Br)cc2[nH]c(N3CCNCC3)nc12. The van der Waals surface area contributed by atoms with E-state index in [-0.39, 0.29) is 5.69 Å². The zero-order chi connectivity index (χ0) is 14.3. The number of halogens is 2. The minimum Gasteiger partial charge on any atom is -0.340 e. The van der Waals surface area contributed by atoms with Crippen molar-refractivity contribution in [2.45, 2.75) is 0 Å². The van der Waals surface area contributed by atoms with E-state index >= 15 is 0 Å². The van der Waals surface area contributed by atoms with Crippen LogP contribution >= 0.6 is 31.9 Å². The summed E-state index contributed by atoms with van der Waals surface area (Å²) in [6.07, 6.45) is 0. The maximum atomic E-state index is 11.3. The molecule has 0 bridgehead atoms. The van der Waals surface area contributed by atoms with Gasteiger partial charge >= 0.3 is 5.69 Å². The number of anilines is 1. The van der Waals surface area contributed by atoms with E-state index < -0.39 is 4.92 Å². The van der Waals surface area contributed by atoms with E-state index in [9.17, 15) is 10.1 Å². The first-order valence-corrected chi connectivity index (χ1v) is 7.64. The Balaban J connectivity index is 2.14. The summed E-state index contributed by atoms with van der Waals surface area (Å²) in [5.41, 5.74) is 1.01. The second-order valence-electron chi connectivity index (χ2n) is 4.47. The number of hydrogen-bond donors (Lipinski definition) is 2. The molecule has 1 saturated heterocycles. The van der Waals surface area contributed by atoms with Crippen molar-refractivity contribution < 1.29 is 4.92 Å². The van der Waals surface area contributed by atoms with Crippen LogP contribution in [0, 0.1) is 10.1 Å². The highest BCUT2D eigenvalue weighted by molar-refractivity contribution is 9.13. The zero-order valence-electron chi connectivity index (χ0n) is 10.3. The molecule has 0 radical (unpaired) electrons. The van der Waals surface area contributed by atoms with E-state index in [0.717, 1.165) is 26.2 Å². The summed E-state index contributed by atoms with van der Waals surface area (Å²) < 4.78 is 1.04. The van der Waals surface area contributed by atoms with Crippen molar-refractivity contribution in [1.29, 1.82) is 0 Å². The quantitative estimate of drug-likeness (QED) is 0.592. The van der Waals surface area contributed by atoms with Crippen molar-refractivity contribution in [2.75, 3.05) is 31.1 Å². The molecule has 1 aliphatic rings. The molecule has 7 nitrogen and oxygen atoms in total. The first-order valence-electron chi connectivity index (χ1n) is 6.05. The maximum absolute atomic E-state index is 11.3. The molecule has 3 rings (SSSR count). The van der Waals surface area contributed by atoms with E-state index in [1.165, 1.54) is 0 Å². The number of aromatic amines is 1. The minimum absolute atomic E-state index is 0.0213. The molecule has 0 aliphatic carbocycles. The number of aromatic nitrogens is 2. The van der Waals surface area contributed by atoms with Crippen molar-refractivity contribution in [3.63, 3.8) is 0 Å². The van der Waals surface area contributed by atoms with Gasteiger partial charge in [0.1, 0.15) is 4.47 Å². The molecule has 0 saturated carbocycles.